The van der Waals surface area contributed by atoms with Crippen LogP contribution < -0.4 is 0 Å². The second kappa shape index (κ2) is 4.62. The summed E-state index contributed by atoms with van der Waals surface area (Å²) in [5.74, 6) is -1.18. The zero-order chi connectivity index (χ0) is 9.78. The van der Waals surface area contributed by atoms with E-state index in [2.05, 4.69) is 0 Å². The number of rotatable bonds is 4. The maximum atomic E-state index is 10.4. The van der Waals surface area contributed by atoms with Crippen LogP contribution >= 0.6 is 19.2 Å². The van der Waals surface area contributed by atoms with Gasteiger partial charge in [0, 0.05) is 6.08 Å². The number of alkyl halides is 1. The summed E-state index contributed by atoms with van der Waals surface area (Å²) in [6.45, 7) is 0. The largest absolute Gasteiger partial charge is 0.478 e. The summed E-state index contributed by atoms with van der Waals surface area (Å²) in [5, 5.41) is 6.75. The Bertz CT molecular complexity index is 232. The molecule has 0 aromatic carbocycles. The smallest absolute Gasteiger partial charge is 0.343 e. The van der Waals surface area contributed by atoms with Gasteiger partial charge in [0.25, 0.3) is 0 Å². The van der Waals surface area contributed by atoms with Crippen LogP contribution in [-0.4, -0.2) is 26.0 Å². The molecule has 0 aromatic heterocycles. The van der Waals surface area contributed by atoms with E-state index in [1.807, 2.05) is 0 Å². The van der Waals surface area contributed by atoms with Crippen molar-refractivity contribution < 1.29 is 24.3 Å². The summed E-state index contributed by atoms with van der Waals surface area (Å²) in [4.78, 5) is 26.8. The molecular formula is C5H8ClO5P. The van der Waals surface area contributed by atoms with E-state index in [1.165, 1.54) is 0 Å². The molecule has 0 fully saturated rings. The summed E-state index contributed by atoms with van der Waals surface area (Å²) in [6.07, 6.45) is 1.71. The minimum Gasteiger partial charge on any atom is -0.478 e. The van der Waals surface area contributed by atoms with Gasteiger partial charge < -0.3 is 14.9 Å². The first-order valence-corrected chi connectivity index (χ1v) is 5.04. The van der Waals surface area contributed by atoms with Crippen molar-refractivity contribution in [3.63, 3.8) is 0 Å². The molecule has 3 N–H and O–H groups in total. The molecule has 0 bridgehead atoms. The lowest BCUT2D eigenvalue weighted by Gasteiger charge is -2.07. The maximum Gasteiger partial charge on any atom is 0.343 e. The molecule has 0 aliphatic rings. The monoisotopic (exact) mass is 214 g/mol. The van der Waals surface area contributed by atoms with E-state index in [9.17, 15) is 9.36 Å². The van der Waals surface area contributed by atoms with E-state index in [0.29, 0.717) is 0 Å². The van der Waals surface area contributed by atoms with E-state index in [0.717, 1.165) is 12.2 Å². The Kier molecular flexibility index (Phi) is 4.49. The molecule has 0 spiro atoms. The number of hydrogen-bond acceptors (Lipinski definition) is 2. The fraction of sp³-hybridized carbons (Fsp3) is 0.400. The van der Waals surface area contributed by atoms with Crippen molar-refractivity contribution in [2.45, 2.75) is 11.5 Å². The molecule has 0 heterocycles. The molecule has 1 atom stereocenters. The van der Waals surface area contributed by atoms with E-state index < -0.39 is 18.7 Å². The van der Waals surface area contributed by atoms with Gasteiger partial charge in [-0.15, -0.1) is 11.6 Å². The first-order valence-electron chi connectivity index (χ1n) is 2.93. The van der Waals surface area contributed by atoms with Crippen LogP contribution in [-0.2, 0) is 9.36 Å². The molecule has 12 heavy (non-hydrogen) atoms. The van der Waals surface area contributed by atoms with Crippen LogP contribution in [0, 0.1) is 0 Å². The van der Waals surface area contributed by atoms with Crippen molar-refractivity contribution >= 4 is 25.2 Å². The Morgan fingerprint density at radius 2 is 2.08 bits per heavy atom. The molecule has 0 aromatic rings. The fourth-order valence-corrected chi connectivity index (χ4v) is 0.918. The van der Waals surface area contributed by atoms with Crippen LogP contribution in [0.15, 0.2) is 12.2 Å². The summed E-state index contributed by atoms with van der Waals surface area (Å²) in [7, 11) is -4.30. The van der Waals surface area contributed by atoms with E-state index in [1.54, 1.807) is 0 Å². The Morgan fingerprint density at radius 3 is 2.42 bits per heavy atom. The maximum absolute atomic E-state index is 10.4. The molecule has 0 aliphatic heterocycles. The highest BCUT2D eigenvalue weighted by Gasteiger charge is 2.24. The topological polar surface area (TPSA) is 94.8 Å². The van der Waals surface area contributed by atoms with Crippen LogP contribution in [0.4, 0.5) is 0 Å². The predicted octanol–water partition coefficient (Wildman–Crippen LogP) is 0.760. The van der Waals surface area contributed by atoms with Gasteiger partial charge in [0.05, 0.1) is 0 Å². The first-order chi connectivity index (χ1) is 5.34. The number of carboxylic acids is 1. The first kappa shape index (κ1) is 11.6. The number of carbonyl (C=O) groups is 1. The van der Waals surface area contributed by atoms with Gasteiger partial charge in [-0.2, -0.15) is 0 Å². The van der Waals surface area contributed by atoms with Gasteiger partial charge in [-0.1, -0.05) is 6.08 Å². The average molecular weight is 215 g/mol. The molecule has 70 valence electrons. The van der Waals surface area contributed by atoms with Gasteiger partial charge in [0.15, 0.2) is 0 Å². The van der Waals surface area contributed by atoms with Gasteiger partial charge in [-0.05, 0) is 6.42 Å². The van der Waals surface area contributed by atoms with Crippen molar-refractivity contribution in [3.05, 3.63) is 12.2 Å². The SMILES string of the molecule is O=C(O)C=CCC(Cl)P(=O)(O)O. The zero-order valence-electron chi connectivity index (χ0n) is 5.92. The van der Waals surface area contributed by atoms with Crippen molar-refractivity contribution in [2.24, 2.45) is 0 Å². The molecule has 0 rings (SSSR count). The highest BCUT2D eigenvalue weighted by Crippen LogP contribution is 2.45. The molecule has 1 unspecified atom stereocenters. The lowest BCUT2D eigenvalue weighted by atomic mass is 10.4. The molecule has 5 nitrogen and oxygen atoms in total. The van der Waals surface area contributed by atoms with Gasteiger partial charge in [0.2, 0.25) is 0 Å². The van der Waals surface area contributed by atoms with Crippen LogP contribution in [0.2, 0.25) is 0 Å². The lowest BCUT2D eigenvalue weighted by Crippen LogP contribution is -1.97. The number of aliphatic carboxylic acids is 1. The van der Waals surface area contributed by atoms with Crippen molar-refractivity contribution in [3.8, 4) is 0 Å². The highest BCUT2D eigenvalue weighted by atomic mass is 35.5. The summed E-state index contributed by atoms with van der Waals surface area (Å²) in [6, 6.07) is 0. The number of carboxylic acid groups (broad SMARTS) is 1. The minimum absolute atomic E-state index is 0.169. The van der Waals surface area contributed by atoms with Gasteiger partial charge >= 0.3 is 13.6 Å². The van der Waals surface area contributed by atoms with Crippen LogP contribution in [0.5, 0.6) is 0 Å². The molecule has 7 heteroatoms. The van der Waals surface area contributed by atoms with Gasteiger partial charge in [0.1, 0.15) is 5.12 Å². The van der Waals surface area contributed by atoms with Gasteiger partial charge in [-0.3, -0.25) is 4.57 Å². The summed E-state index contributed by atoms with van der Waals surface area (Å²) < 4.78 is 10.4. The molecule has 0 aliphatic carbocycles. The standard InChI is InChI=1S/C5H8ClO5P/c6-4(12(9,10)11)2-1-3-5(7)8/h1,3-4H,2H2,(H,7,8)(H2,9,10,11). The van der Waals surface area contributed by atoms with Crippen LogP contribution in [0.1, 0.15) is 6.42 Å². The normalized spacial score (nSPS) is 14.9. The van der Waals surface area contributed by atoms with E-state index >= 15 is 0 Å². The minimum atomic E-state index is -4.30. The molecule has 0 saturated heterocycles. The lowest BCUT2D eigenvalue weighted by molar-refractivity contribution is -0.131. The Balaban J connectivity index is 3.96. The molecule has 0 saturated carbocycles. The Morgan fingerprint density at radius 1 is 1.58 bits per heavy atom. The predicted molar refractivity (Wildman–Crippen MR) is 43.1 cm³/mol. The molecule has 0 amide bonds. The zero-order valence-corrected chi connectivity index (χ0v) is 7.57. The van der Waals surface area contributed by atoms with E-state index in [4.69, 9.17) is 26.5 Å². The van der Waals surface area contributed by atoms with Crippen LogP contribution in [0.3, 0.4) is 0 Å². The molecular weight excluding hydrogens is 206 g/mol. The van der Waals surface area contributed by atoms with E-state index in [-0.39, 0.29) is 6.42 Å². The van der Waals surface area contributed by atoms with Gasteiger partial charge in [-0.25, -0.2) is 4.79 Å². The third-order valence-electron chi connectivity index (χ3n) is 0.956. The number of hydrogen-bond donors (Lipinski definition) is 3. The van der Waals surface area contributed by atoms with Crippen molar-refractivity contribution in [2.75, 3.05) is 0 Å². The summed E-state index contributed by atoms with van der Waals surface area (Å²) >= 11 is 5.23. The van der Waals surface area contributed by atoms with Crippen LogP contribution in [0.25, 0.3) is 0 Å². The Labute approximate surface area is 73.8 Å². The second-order valence-electron chi connectivity index (χ2n) is 2.00. The third kappa shape index (κ3) is 5.32. The fourth-order valence-electron chi connectivity index (χ4n) is 0.418. The Hall–Kier alpha value is -0.350. The highest BCUT2D eigenvalue weighted by molar-refractivity contribution is 7.54. The summed E-state index contributed by atoms with van der Waals surface area (Å²) in [5.41, 5.74) is 0. The van der Waals surface area contributed by atoms with Crippen molar-refractivity contribution in [1.29, 1.82) is 0 Å². The quantitative estimate of drug-likeness (QED) is 0.365. The average Bonchev–Trinajstić information content (AvgIpc) is 1.84. The van der Waals surface area contributed by atoms with Crippen molar-refractivity contribution in [1.82, 2.24) is 0 Å². The number of allylic oxidation sites excluding steroid dienone is 1. The third-order valence-corrected chi connectivity index (χ3v) is 2.84. The molecule has 0 radical (unpaired) electrons. The number of halogens is 1. The second-order valence-corrected chi connectivity index (χ2v) is 4.63.